The van der Waals surface area contributed by atoms with E-state index >= 15 is 0 Å². The fraction of sp³-hybridized carbons (Fsp3) is 0.167. The van der Waals surface area contributed by atoms with Crippen LogP contribution in [0.25, 0.3) is 0 Å². The van der Waals surface area contributed by atoms with E-state index in [2.05, 4.69) is 14.3 Å². The lowest BCUT2D eigenvalue weighted by Gasteiger charge is -1.84. The Morgan fingerprint density at radius 3 is 1.75 bits per heavy atom. The summed E-state index contributed by atoms with van der Waals surface area (Å²) in [6.45, 7) is 0. The number of rotatable bonds is 1. The zero-order chi connectivity index (χ0) is 9.45. The lowest BCUT2D eigenvalue weighted by atomic mass is 10.5. The molecule has 0 aromatic carbocycles. The first-order valence-corrected chi connectivity index (χ1v) is 4.47. The van der Waals surface area contributed by atoms with Crippen molar-refractivity contribution in [1.82, 2.24) is 4.98 Å². The molecule has 0 bridgehead atoms. The highest BCUT2D eigenvalue weighted by Crippen LogP contribution is 1.73. The minimum atomic E-state index is -3.66. The molecule has 2 N–H and O–H groups in total. The molecule has 1 aromatic rings. The molecule has 0 aliphatic heterocycles. The molecule has 0 fully saturated rings. The molecular weight excluding hydrogens is 180 g/mol. The number of hydrogen-bond donors (Lipinski definition) is 1. The quantitative estimate of drug-likeness (QED) is 0.671. The van der Waals surface area contributed by atoms with Gasteiger partial charge in [-0.1, -0.05) is 6.07 Å². The molecule has 1 rings (SSSR count). The molecule has 0 atom stereocenters. The summed E-state index contributed by atoms with van der Waals surface area (Å²) in [6, 6.07) is 5.72. The van der Waals surface area contributed by atoms with Gasteiger partial charge in [0.2, 0.25) is 0 Å². The van der Waals surface area contributed by atoms with E-state index in [0.717, 1.165) is 7.11 Å². The minimum Gasteiger partial charge on any atom is -0.265 e. The van der Waals surface area contributed by atoms with E-state index in [1.807, 2.05) is 18.2 Å². The van der Waals surface area contributed by atoms with Crippen LogP contribution in [0.5, 0.6) is 0 Å². The smallest absolute Gasteiger partial charge is 0.265 e. The first-order chi connectivity index (χ1) is 5.56. The monoisotopic (exact) mass is 190 g/mol. The van der Waals surface area contributed by atoms with Gasteiger partial charge in [-0.2, -0.15) is 8.42 Å². The largest absolute Gasteiger partial charge is 0.333 e. The van der Waals surface area contributed by atoms with Crippen molar-refractivity contribution in [1.29, 1.82) is 0 Å². The molecule has 1 heterocycles. The van der Waals surface area contributed by atoms with Gasteiger partial charge < -0.3 is 0 Å². The average Bonchev–Trinajstić information content (AvgIpc) is 2.07. The van der Waals surface area contributed by atoms with Crippen LogP contribution < -0.4 is 5.14 Å². The third kappa shape index (κ3) is 9.02. The lowest BCUT2D eigenvalue weighted by molar-refractivity contribution is 0.399. The third-order valence-electron chi connectivity index (χ3n) is 0.799. The molecule has 1 aromatic heterocycles. The molecule has 68 valence electrons. The van der Waals surface area contributed by atoms with Gasteiger partial charge in [0.15, 0.2) is 0 Å². The molecule has 12 heavy (non-hydrogen) atoms. The van der Waals surface area contributed by atoms with E-state index in [9.17, 15) is 8.42 Å². The van der Waals surface area contributed by atoms with Gasteiger partial charge in [0.25, 0.3) is 0 Å². The van der Waals surface area contributed by atoms with Crippen molar-refractivity contribution in [2.45, 2.75) is 0 Å². The Kier molecular flexibility index (Phi) is 5.18. The second kappa shape index (κ2) is 5.64. The van der Waals surface area contributed by atoms with Crippen molar-refractivity contribution in [2.75, 3.05) is 7.11 Å². The van der Waals surface area contributed by atoms with Gasteiger partial charge in [-0.15, -0.1) is 0 Å². The van der Waals surface area contributed by atoms with E-state index in [0.29, 0.717) is 0 Å². The van der Waals surface area contributed by atoms with Gasteiger partial charge in [-0.05, 0) is 12.1 Å². The Labute approximate surface area is 71.4 Å². The van der Waals surface area contributed by atoms with Crippen molar-refractivity contribution in [2.24, 2.45) is 5.14 Å². The van der Waals surface area contributed by atoms with E-state index in [1.54, 1.807) is 12.4 Å². The molecule has 0 saturated heterocycles. The normalized spacial score (nSPS) is 9.83. The van der Waals surface area contributed by atoms with Gasteiger partial charge in [0.1, 0.15) is 0 Å². The summed E-state index contributed by atoms with van der Waals surface area (Å²) < 4.78 is 22.8. The number of hydrogen-bond acceptors (Lipinski definition) is 4. The summed E-state index contributed by atoms with van der Waals surface area (Å²) in [5, 5.41) is 4.28. The van der Waals surface area contributed by atoms with Crippen LogP contribution in [0, 0.1) is 0 Å². The van der Waals surface area contributed by atoms with E-state index in [-0.39, 0.29) is 0 Å². The summed E-state index contributed by atoms with van der Waals surface area (Å²) in [5.41, 5.74) is 0. The fourth-order valence-electron chi connectivity index (χ4n) is 0.313. The maximum Gasteiger partial charge on any atom is 0.333 e. The Morgan fingerprint density at radius 1 is 1.25 bits per heavy atom. The standard InChI is InChI=1S/C5H5N.CH5NO3S/c1-2-4-6-5-3-1;1-5-6(2,3)4/h1-5H;1H3,(H2,2,3,4). The van der Waals surface area contributed by atoms with Crippen LogP contribution in [-0.4, -0.2) is 20.5 Å². The highest BCUT2D eigenvalue weighted by atomic mass is 32.2. The van der Waals surface area contributed by atoms with E-state index in [4.69, 9.17) is 0 Å². The molecule has 0 unspecified atom stereocenters. The SMILES string of the molecule is COS(N)(=O)=O.c1ccncc1. The van der Waals surface area contributed by atoms with Crippen LogP contribution in [0.1, 0.15) is 0 Å². The molecule has 0 amide bonds. The van der Waals surface area contributed by atoms with Crippen LogP contribution in [0.4, 0.5) is 0 Å². The summed E-state index contributed by atoms with van der Waals surface area (Å²) in [6.07, 6.45) is 3.50. The Balaban J connectivity index is 0.000000202. The Hall–Kier alpha value is -0.980. The van der Waals surface area contributed by atoms with Gasteiger partial charge in [-0.25, -0.2) is 5.14 Å². The van der Waals surface area contributed by atoms with Crippen LogP contribution in [0.3, 0.4) is 0 Å². The molecule has 0 radical (unpaired) electrons. The van der Waals surface area contributed by atoms with Crippen molar-refractivity contribution < 1.29 is 12.6 Å². The van der Waals surface area contributed by atoms with Gasteiger partial charge >= 0.3 is 10.3 Å². The number of aromatic nitrogens is 1. The summed E-state index contributed by atoms with van der Waals surface area (Å²) in [7, 11) is -2.67. The molecular formula is C6H10N2O3S. The van der Waals surface area contributed by atoms with Crippen molar-refractivity contribution in [3.05, 3.63) is 30.6 Å². The second-order valence-corrected chi connectivity index (χ2v) is 3.00. The zero-order valence-corrected chi connectivity index (χ0v) is 7.36. The van der Waals surface area contributed by atoms with Gasteiger partial charge in [0, 0.05) is 12.4 Å². The Morgan fingerprint density at radius 2 is 1.67 bits per heavy atom. The highest BCUT2D eigenvalue weighted by Gasteiger charge is 1.90. The molecule has 5 nitrogen and oxygen atoms in total. The van der Waals surface area contributed by atoms with Crippen LogP contribution >= 0.6 is 0 Å². The molecule has 0 aliphatic carbocycles. The topological polar surface area (TPSA) is 82.3 Å². The molecule has 0 saturated carbocycles. The summed E-state index contributed by atoms with van der Waals surface area (Å²) in [5.74, 6) is 0. The van der Waals surface area contributed by atoms with Crippen molar-refractivity contribution >= 4 is 10.3 Å². The second-order valence-electron chi connectivity index (χ2n) is 1.68. The number of nitrogens with two attached hydrogens (primary N) is 1. The van der Waals surface area contributed by atoms with E-state index < -0.39 is 10.3 Å². The van der Waals surface area contributed by atoms with Crippen LogP contribution in [-0.2, 0) is 14.5 Å². The lowest BCUT2D eigenvalue weighted by Crippen LogP contribution is -2.12. The predicted molar refractivity (Wildman–Crippen MR) is 44.4 cm³/mol. The van der Waals surface area contributed by atoms with Crippen molar-refractivity contribution in [3.63, 3.8) is 0 Å². The van der Waals surface area contributed by atoms with Crippen molar-refractivity contribution in [3.8, 4) is 0 Å². The zero-order valence-electron chi connectivity index (χ0n) is 6.54. The number of nitrogens with zero attached hydrogens (tertiary/aromatic N) is 1. The number of pyridine rings is 1. The van der Waals surface area contributed by atoms with E-state index in [1.165, 1.54) is 0 Å². The molecule has 6 heteroatoms. The summed E-state index contributed by atoms with van der Waals surface area (Å²) in [4.78, 5) is 3.78. The van der Waals surface area contributed by atoms with Gasteiger partial charge in [-0.3, -0.25) is 9.17 Å². The molecule has 0 aliphatic rings. The predicted octanol–water partition coefficient (Wildman–Crippen LogP) is -0.0821. The highest BCUT2D eigenvalue weighted by molar-refractivity contribution is 7.84. The Bertz CT molecular complexity index is 258. The van der Waals surface area contributed by atoms with Gasteiger partial charge in [0.05, 0.1) is 7.11 Å². The fourth-order valence-corrected chi connectivity index (χ4v) is 0.313. The third-order valence-corrected chi connectivity index (χ3v) is 1.26. The maximum atomic E-state index is 9.56. The maximum absolute atomic E-state index is 9.56. The molecule has 0 spiro atoms. The minimum absolute atomic E-state index is 0.995. The average molecular weight is 190 g/mol. The summed E-state index contributed by atoms with van der Waals surface area (Å²) >= 11 is 0. The van der Waals surface area contributed by atoms with Crippen LogP contribution in [0.2, 0.25) is 0 Å². The first kappa shape index (κ1) is 11.0. The van der Waals surface area contributed by atoms with Crippen LogP contribution in [0.15, 0.2) is 30.6 Å². The first-order valence-electron chi connectivity index (χ1n) is 2.99.